The van der Waals surface area contributed by atoms with Crippen molar-refractivity contribution in [2.75, 3.05) is 20.6 Å². The van der Waals surface area contributed by atoms with Crippen LogP contribution in [0.15, 0.2) is 30.3 Å². The molecule has 0 saturated heterocycles. The van der Waals surface area contributed by atoms with E-state index < -0.39 is 6.04 Å². The second kappa shape index (κ2) is 5.21. The quantitative estimate of drug-likeness (QED) is 0.709. The summed E-state index contributed by atoms with van der Waals surface area (Å²) in [6, 6.07) is 9.30. The summed E-state index contributed by atoms with van der Waals surface area (Å²) in [7, 11) is 3.70. The monoisotopic (exact) mass is 222 g/mol. The van der Waals surface area contributed by atoms with Crippen LogP contribution in [0.4, 0.5) is 0 Å². The Kier molecular flexibility index (Phi) is 4.18. The van der Waals surface area contributed by atoms with E-state index in [9.17, 15) is 4.79 Å². The highest BCUT2D eigenvalue weighted by atomic mass is 16.2. The van der Waals surface area contributed by atoms with Crippen molar-refractivity contribution in [1.29, 1.82) is 0 Å². The van der Waals surface area contributed by atoms with Gasteiger partial charge in [0.25, 0.3) is 0 Å². The third kappa shape index (κ3) is 3.13. The third-order valence-electron chi connectivity index (χ3n) is 2.59. The van der Waals surface area contributed by atoms with Crippen LogP contribution >= 0.6 is 0 Å². The van der Waals surface area contributed by atoms with Crippen molar-refractivity contribution in [2.24, 2.45) is 11.5 Å². The maximum atomic E-state index is 12.0. The van der Waals surface area contributed by atoms with Crippen LogP contribution in [0.25, 0.3) is 0 Å². The summed E-state index contributed by atoms with van der Waals surface area (Å²) in [5.74, 6) is -0.0358. The molecule has 1 rings (SSSR count). The number of carbonyl (C=O) groups is 1. The van der Waals surface area contributed by atoms with Crippen LogP contribution in [0.1, 0.15) is 5.56 Å². The van der Waals surface area contributed by atoms with Crippen LogP contribution < -0.4 is 11.5 Å². The van der Waals surface area contributed by atoms with E-state index in [4.69, 9.17) is 11.5 Å². The maximum absolute atomic E-state index is 12.0. The van der Waals surface area contributed by atoms with Gasteiger partial charge < -0.3 is 11.5 Å². The van der Waals surface area contributed by atoms with Gasteiger partial charge in [0.15, 0.2) is 0 Å². The van der Waals surface area contributed by atoms with Crippen molar-refractivity contribution < 1.29 is 9.28 Å². The van der Waals surface area contributed by atoms with Crippen LogP contribution in [-0.4, -0.2) is 37.1 Å². The van der Waals surface area contributed by atoms with Crippen molar-refractivity contribution in [2.45, 2.75) is 12.6 Å². The molecule has 0 aromatic heterocycles. The minimum atomic E-state index is -0.585. The zero-order chi connectivity index (χ0) is 12.2. The van der Waals surface area contributed by atoms with E-state index in [0.717, 1.165) is 5.56 Å². The van der Waals surface area contributed by atoms with Crippen LogP contribution in [0.3, 0.4) is 0 Å². The van der Waals surface area contributed by atoms with Gasteiger partial charge >= 0.3 is 5.91 Å². The third-order valence-corrected chi connectivity index (χ3v) is 2.59. The number of nitrogens with zero attached hydrogens (tertiary/aromatic N) is 1. The van der Waals surface area contributed by atoms with Gasteiger partial charge in [0.05, 0.1) is 14.1 Å². The number of rotatable bonds is 4. The van der Waals surface area contributed by atoms with Gasteiger partial charge in [-0.05, 0) is 0 Å². The molecule has 1 atom stereocenters. The molecule has 88 valence electrons. The van der Waals surface area contributed by atoms with Crippen molar-refractivity contribution in [3.8, 4) is 0 Å². The van der Waals surface area contributed by atoms with Gasteiger partial charge in [-0.25, -0.2) is 4.79 Å². The second-order valence-electron chi connectivity index (χ2n) is 4.51. The van der Waals surface area contributed by atoms with E-state index in [-0.39, 0.29) is 16.9 Å². The highest BCUT2D eigenvalue weighted by Crippen LogP contribution is 2.10. The van der Waals surface area contributed by atoms with Gasteiger partial charge in [0.1, 0.15) is 12.6 Å². The summed E-state index contributed by atoms with van der Waals surface area (Å²) >= 11 is 0. The number of amides is 1. The standard InChI is InChI=1S/C12H20N3O/c1-15(2,12(16)11(14)8-13)9-10-6-4-3-5-7-10/h3-7,11H,8-9,13-14H2,1-2H3/q+1. The first-order valence-electron chi connectivity index (χ1n) is 5.34. The lowest BCUT2D eigenvalue weighted by atomic mass is 10.1. The maximum Gasteiger partial charge on any atom is 0.331 e. The number of likely N-dealkylation sites (N-methyl/N-ethyl adjacent to an activating group) is 1. The SMILES string of the molecule is C[N+](C)(Cc1ccccc1)C(=O)C(N)CN. The lowest BCUT2D eigenvalue weighted by Gasteiger charge is -2.29. The molecular weight excluding hydrogens is 202 g/mol. The molecule has 4 heteroatoms. The average molecular weight is 222 g/mol. The zero-order valence-electron chi connectivity index (χ0n) is 9.89. The van der Waals surface area contributed by atoms with E-state index in [0.29, 0.717) is 6.54 Å². The molecule has 4 nitrogen and oxygen atoms in total. The Balaban J connectivity index is 2.75. The highest BCUT2D eigenvalue weighted by molar-refractivity contribution is 5.75. The number of quaternary nitrogens is 1. The fourth-order valence-corrected chi connectivity index (χ4v) is 1.67. The summed E-state index contributed by atoms with van der Waals surface area (Å²) in [5, 5.41) is 0. The minimum absolute atomic E-state index is 0.0358. The van der Waals surface area contributed by atoms with Crippen molar-refractivity contribution in [1.82, 2.24) is 0 Å². The van der Waals surface area contributed by atoms with E-state index in [1.54, 1.807) is 0 Å². The van der Waals surface area contributed by atoms with Gasteiger partial charge in [0.2, 0.25) is 0 Å². The first-order chi connectivity index (χ1) is 7.47. The van der Waals surface area contributed by atoms with E-state index in [2.05, 4.69) is 0 Å². The zero-order valence-corrected chi connectivity index (χ0v) is 9.89. The molecule has 0 aliphatic heterocycles. The van der Waals surface area contributed by atoms with Gasteiger partial charge in [0, 0.05) is 12.1 Å². The average Bonchev–Trinajstić information content (AvgIpc) is 2.27. The molecule has 0 heterocycles. The molecule has 1 aromatic rings. The molecule has 0 aliphatic rings. The number of carbonyl (C=O) groups excluding carboxylic acids is 1. The van der Waals surface area contributed by atoms with Crippen LogP contribution in [0.5, 0.6) is 0 Å². The normalized spacial score (nSPS) is 13.5. The lowest BCUT2D eigenvalue weighted by molar-refractivity contribution is -0.828. The summed E-state index contributed by atoms with van der Waals surface area (Å²) in [6.45, 7) is 0.822. The topological polar surface area (TPSA) is 69.1 Å². The van der Waals surface area contributed by atoms with Gasteiger partial charge in [-0.3, -0.25) is 4.48 Å². The van der Waals surface area contributed by atoms with Crippen molar-refractivity contribution >= 4 is 5.91 Å². The Bertz CT molecular complexity index is 349. The van der Waals surface area contributed by atoms with E-state index in [1.165, 1.54) is 0 Å². The summed E-state index contributed by atoms with van der Waals surface area (Å²) in [6.07, 6.45) is 0. The highest BCUT2D eigenvalue weighted by Gasteiger charge is 2.31. The predicted octanol–water partition coefficient (Wildman–Crippen LogP) is 0.0756. The molecule has 16 heavy (non-hydrogen) atoms. The molecule has 4 N–H and O–H groups in total. The molecule has 1 unspecified atom stereocenters. The fourth-order valence-electron chi connectivity index (χ4n) is 1.67. The fraction of sp³-hybridized carbons (Fsp3) is 0.417. The Morgan fingerprint density at radius 2 is 1.88 bits per heavy atom. The van der Waals surface area contributed by atoms with E-state index >= 15 is 0 Å². The minimum Gasteiger partial charge on any atom is -0.328 e. The second-order valence-corrected chi connectivity index (χ2v) is 4.51. The molecule has 0 spiro atoms. The molecule has 0 radical (unpaired) electrons. The van der Waals surface area contributed by atoms with Crippen molar-refractivity contribution in [3.63, 3.8) is 0 Å². The van der Waals surface area contributed by atoms with Crippen LogP contribution in [0.2, 0.25) is 0 Å². The van der Waals surface area contributed by atoms with Crippen molar-refractivity contribution in [3.05, 3.63) is 35.9 Å². The van der Waals surface area contributed by atoms with E-state index in [1.807, 2.05) is 44.4 Å². The number of benzene rings is 1. The molecular formula is C12H20N3O+. The Labute approximate surface area is 96.4 Å². The van der Waals surface area contributed by atoms with Crippen LogP contribution in [-0.2, 0) is 11.3 Å². The molecule has 0 fully saturated rings. The number of nitrogens with two attached hydrogens (primary N) is 2. The summed E-state index contributed by atoms with van der Waals surface area (Å²) in [5.41, 5.74) is 12.2. The molecule has 1 aromatic carbocycles. The van der Waals surface area contributed by atoms with Gasteiger partial charge in [-0.2, -0.15) is 0 Å². The Morgan fingerprint density at radius 1 is 1.31 bits per heavy atom. The lowest BCUT2D eigenvalue weighted by Crippen LogP contribution is -2.55. The first-order valence-corrected chi connectivity index (χ1v) is 5.34. The summed E-state index contributed by atoms with van der Waals surface area (Å²) in [4.78, 5) is 12.0. The largest absolute Gasteiger partial charge is 0.331 e. The summed E-state index contributed by atoms with van der Waals surface area (Å²) < 4.78 is 0.225. The smallest absolute Gasteiger partial charge is 0.328 e. The Hall–Kier alpha value is -1.23. The molecule has 1 amide bonds. The Morgan fingerprint density at radius 3 is 2.38 bits per heavy atom. The number of hydrogen-bond acceptors (Lipinski definition) is 3. The molecule has 0 bridgehead atoms. The van der Waals surface area contributed by atoms with Gasteiger partial charge in [-0.15, -0.1) is 0 Å². The van der Waals surface area contributed by atoms with Gasteiger partial charge in [-0.1, -0.05) is 30.3 Å². The molecule has 0 aliphatic carbocycles. The first kappa shape index (κ1) is 12.8. The van der Waals surface area contributed by atoms with Crippen LogP contribution in [0, 0.1) is 0 Å². The number of hydrogen-bond donors (Lipinski definition) is 2. The predicted molar refractivity (Wildman–Crippen MR) is 64.3 cm³/mol. The molecule has 0 saturated carbocycles.